The SMILES string of the molecule is CCCCCn1nc(C(=O)NNC(=O)c2snnc2C)c2ccccc2c1=O. The number of carbonyl (C=O) groups is 2. The molecule has 0 unspecified atom stereocenters. The molecular weight excluding hydrogens is 380 g/mol. The van der Waals surface area contributed by atoms with Crippen molar-refractivity contribution in [3.8, 4) is 0 Å². The number of hydrazine groups is 1. The molecule has 0 aliphatic rings. The summed E-state index contributed by atoms with van der Waals surface area (Å²) in [7, 11) is 0. The summed E-state index contributed by atoms with van der Waals surface area (Å²) in [5, 5.41) is 8.86. The number of nitrogens with zero attached hydrogens (tertiary/aromatic N) is 4. The van der Waals surface area contributed by atoms with Crippen LogP contribution in [0.25, 0.3) is 10.8 Å². The summed E-state index contributed by atoms with van der Waals surface area (Å²) in [5.74, 6) is -1.12. The molecule has 0 bridgehead atoms. The standard InChI is InChI=1S/C18H20N6O3S/c1-3-4-7-10-24-18(27)13-9-6-5-8-12(13)14(22-24)16(25)20-21-17(26)15-11(2)19-23-28-15/h5-6,8-9H,3-4,7,10H2,1-2H3,(H,20,25)(H,21,26). The van der Waals surface area contributed by atoms with E-state index in [0.29, 0.717) is 27.9 Å². The number of hydrogen-bond acceptors (Lipinski definition) is 7. The lowest BCUT2D eigenvalue weighted by molar-refractivity contribution is 0.0845. The van der Waals surface area contributed by atoms with E-state index in [1.54, 1.807) is 31.2 Å². The Labute approximate surface area is 164 Å². The van der Waals surface area contributed by atoms with E-state index in [9.17, 15) is 14.4 Å². The van der Waals surface area contributed by atoms with E-state index >= 15 is 0 Å². The average molecular weight is 400 g/mol. The van der Waals surface area contributed by atoms with Crippen molar-refractivity contribution in [3.63, 3.8) is 0 Å². The van der Waals surface area contributed by atoms with Gasteiger partial charge in [-0.25, -0.2) is 4.68 Å². The third-order valence-corrected chi connectivity index (χ3v) is 5.03. The smallest absolute Gasteiger partial charge is 0.267 e. The van der Waals surface area contributed by atoms with E-state index in [2.05, 4.69) is 32.5 Å². The van der Waals surface area contributed by atoms with Gasteiger partial charge in [-0.1, -0.05) is 42.5 Å². The molecule has 146 valence electrons. The lowest BCUT2D eigenvalue weighted by Gasteiger charge is -2.11. The van der Waals surface area contributed by atoms with Crippen LogP contribution in [0, 0.1) is 6.92 Å². The number of aromatic nitrogens is 4. The highest BCUT2D eigenvalue weighted by Crippen LogP contribution is 2.14. The molecule has 28 heavy (non-hydrogen) atoms. The molecule has 0 fully saturated rings. The molecule has 0 aliphatic carbocycles. The third kappa shape index (κ3) is 4.06. The van der Waals surface area contributed by atoms with E-state index in [-0.39, 0.29) is 11.3 Å². The molecule has 1 aromatic carbocycles. The van der Waals surface area contributed by atoms with Gasteiger partial charge in [-0.3, -0.25) is 25.2 Å². The first-order valence-corrected chi connectivity index (χ1v) is 9.69. The third-order valence-electron chi connectivity index (χ3n) is 4.20. The van der Waals surface area contributed by atoms with Crippen LogP contribution in [-0.2, 0) is 6.54 Å². The number of unbranched alkanes of at least 4 members (excludes halogenated alkanes) is 2. The van der Waals surface area contributed by atoms with Crippen LogP contribution in [0.5, 0.6) is 0 Å². The lowest BCUT2D eigenvalue weighted by Crippen LogP contribution is -2.42. The first-order valence-electron chi connectivity index (χ1n) is 8.92. The Morgan fingerprint density at radius 1 is 1.11 bits per heavy atom. The normalized spacial score (nSPS) is 10.8. The molecule has 0 spiro atoms. The van der Waals surface area contributed by atoms with Gasteiger partial charge in [0.15, 0.2) is 5.69 Å². The molecule has 0 saturated carbocycles. The van der Waals surface area contributed by atoms with Crippen LogP contribution in [0.4, 0.5) is 0 Å². The first-order chi connectivity index (χ1) is 13.5. The molecule has 0 radical (unpaired) electrons. The van der Waals surface area contributed by atoms with Crippen molar-refractivity contribution in [2.75, 3.05) is 0 Å². The summed E-state index contributed by atoms with van der Waals surface area (Å²) < 4.78 is 5.01. The van der Waals surface area contributed by atoms with E-state index < -0.39 is 11.8 Å². The molecule has 3 rings (SSSR count). The lowest BCUT2D eigenvalue weighted by atomic mass is 10.1. The van der Waals surface area contributed by atoms with Crippen LogP contribution >= 0.6 is 11.5 Å². The predicted molar refractivity (Wildman–Crippen MR) is 105 cm³/mol. The molecule has 3 aromatic rings. The van der Waals surface area contributed by atoms with Crippen LogP contribution in [0.1, 0.15) is 52.0 Å². The van der Waals surface area contributed by atoms with Gasteiger partial charge in [-0.2, -0.15) is 5.10 Å². The molecule has 2 aromatic heterocycles. The van der Waals surface area contributed by atoms with Gasteiger partial charge in [0.2, 0.25) is 0 Å². The fraction of sp³-hybridized carbons (Fsp3) is 0.333. The van der Waals surface area contributed by atoms with Crippen LogP contribution in [0.15, 0.2) is 29.1 Å². The second-order valence-electron chi connectivity index (χ2n) is 6.23. The second kappa shape index (κ2) is 8.70. The molecule has 10 heteroatoms. The summed E-state index contributed by atoms with van der Waals surface area (Å²) >= 11 is 0.938. The largest absolute Gasteiger partial charge is 0.290 e. The molecule has 0 aliphatic heterocycles. The summed E-state index contributed by atoms with van der Waals surface area (Å²) in [6, 6.07) is 6.79. The monoisotopic (exact) mass is 400 g/mol. The molecule has 9 nitrogen and oxygen atoms in total. The minimum absolute atomic E-state index is 0.0751. The predicted octanol–water partition coefficient (Wildman–Crippen LogP) is 1.82. The molecule has 0 saturated heterocycles. The van der Waals surface area contributed by atoms with E-state index in [4.69, 9.17) is 0 Å². The highest BCUT2D eigenvalue weighted by atomic mass is 32.1. The number of benzene rings is 1. The highest BCUT2D eigenvalue weighted by Gasteiger charge is 2.19. The molecule has 0 atom stereocenters. The first kappa shape index (κ1) is 19.6. The molecule has 2 amide bonds. The fourth-order valence-corrected chi connectivity index (χ4v) is 3.29. The second-order valence-corrected chi connectivity index (χ2v) is 6.98. The van der Waals surface area contributed by atoms with Gasteiger partial charge in [0.25, 0.3) is 17.4 Å². The van der Waals surface area contributed by atoms with Crippen molar-refractivity contribution >= 4 is 34.1 Å². The Hall–Kier alpha value is -3.14. The van der Waals surface area contributed by atoms with E-state index in [1.807, 2.05) is 0 Å². The zero-order chi connectivity index (χ0) is 20.1. The van der Waals surface area contributed by atoms with Gasteiger partial charge in [0.1, 0.15) is 4.88 Å². The summed E-state index contributed by atoms with van der Waals surface area (Å²) in [6.45, 7) is 4.15. The van der Waals surface area contributed by atoms with E-state index in [1.165, 1.54) is 4.68 Å². The number of hydrogen-bond donors (Lipinski definition) is 2. The van der Waals surface area contributed by atoms with Crippen LogP contribution in [0.3, 0.4) is 0 Å². The van der Waals surface area contributed by atoms with Crippen molar-refractivity contribution in [2.45, 2.75) is 39.7 Å². The van der Waals surface area contributed by atoms with Gasteiger partial charge in [-0.05, 0) is 30.9 Å². The Kier molecular flexibility index (Phi) is 6.09. The Balaban J connectivity index is 1.87. The Bertz CT molecular complexity index is 1070. The topological polar surface area (TPSA) is 119 Å². The van der Waals surface area contributed by atoms with Gasteiger partial charge in [0, 0.05) is 11.9 Å². The number of carbonyl (C=O) groups excluding carboxylic acids is 2. The fourth-order valence-electron chi connectivity index (χ4n) is 2.74. The number of rotatable bonds is 6. The zero-order valence-corrected chi connectivity index (χ0v) is 16.4. The van der Waals surface area contributed by atoms with Gasteiger partial charge < -0.3 is 0 Å². The average Bonchev–Trinajstić information content (AvgIpc) is 3.14. The minimum Gasteiger partial charge on any atom is -0.267 e. The van der Waals surface area contributed by atoms with Crippen molar-refractivity contribution in [1.82, 2.24) is 30.2 Å². The van der Waals surface area contributed by atoms with Crippen molar-refractivity contribution < 1.29 is 9.59 Å². The van der Waals surface area contributed by atoms with Crippen molar-refractivity contribution in [2.24, 2.45) is 0 Å². The molecule has 2 N–H and O–H groups in total. The minimum atomic E-state index is -0.607. The van der Waals surface area contributed by atoms with E-state index in [0.717, 1.165) is 30.8 Å². The number of amides is 2. The quantitative estimate of drug-likeness (QED) is 0.481. The van der Waals surface area contributed by atoms with Gasteiger partial charge in [-0.15, -0.1) is 5.10 Å². The summed E-state index contributed by atoms with van der Waals surface area (Å²) in [4.78, 5) is 37.8. The van der Waals surface area contributed by atoms with Crippen LogP contribution in [-0.4, -0.2) is 31.2 Å². The molecule has 2 heterocycles. The number of nitrogens with one attached hydrogen (secondary N) is 2. The number of aryl methyl sites for hydroxylation is 2. The maximum Gasteiger partial charge on any atom is 0.290 e. The molecular formula is C18H20N6O3S. The van der Waals surface area contributed by atoms with Crippen molar-refractivity contribution in [1.29, 1.82) is 0 Å². The maximum absolute atomic E-state index is 12.7. The van der Waals surface area contributed by atoms with Gasteiger partial charge in [0.05, 0.1) is 11.1 Å². The Morgan fingerprint density at radius 2 is 1.82 bits per heavy atom. The number of fused-ring (bicyclic) bond motifs is 1. The van der Waals surface area contributed by atoms with Crippen LogP contribution < -0.4 is 16.4 Å². The Morgan fingerprint density at radius 3 is 2.50 bits per heavy atom. The highest BCUT2D eigenvalue weighted by molar-refractivity contribution is 7.08. The van der Waals surface area contributed by atoms with Crippen molar-refractivity contribution in [3.05, 3.63) is 50.9 Å². The van der Waals surface area contributed by atoms with Crippen LogP contribution in [0.2, 0.25) is 0 Å². The summed E-state index contributed by atoms with van der Waals surface area (Å²) in [6.07, 6.45) is 2.76. The maximum atomic E-state index is 12.7. The summed E-state index contributed by atoms with van der Waals surface area (Å²) in [5.41, 5.74) is 5.01. The zero-order valence-electron chi connectivity index (χ0n) is 15.6. The van der Waals surface area contributed by atoms with Gasteiger partial charge >= 0.3 is 0 Å².